The zero-order valence-electron chi connectivity index (χ0n) is 16.8. The molecular weight excluding hydrogens is 394 g/mol. The first-order valence-electron chi connectivity index (χ1n) is 9.89. The molecule has 1 fully saturated rings. The van der Waals surface area contributed by atoms with Crippen molar-refractivity contribution in [1.82, 2.24) is 13.9 Å². The second-order valence-electron chi connectivity index (χ2n) is 7.49. The third-order valence-electron chi connectivity index (χ3n) is 5.53. The molecule has 8 nitrogen and oxygen atoms in total. The van der Waals surface area contributed by atoms with Crippen LogP contribution in [0.1, 0.15) is 17.9 Å². The normalized spacial score (nSPS) is 19.6. The molecule has 0 spiro atoms. The van der Waals surface area contributed by atoms with Gasteiger partial charge in [0, 0.05) is 51.1 Å². The molecule has 9 heteroatoms. The Hall–Kier alpha value is -2.10. The topological polar surface area (TPSA) is 82.9 Å². The molecule has 0 radical (unpaired) electrons. The van der Waals surface area contributed by atoms with E-state index in [0.717, 1.165) is 30.9 Å². The summed E-state index contributed by atoms with van der Waals surface area (Å²) in [6.45, 7) is 5.32. The lowest BCUT2D eigenvalue weighted by atomic mass is 10.0. The van der Waals surface area contributed by atoms with Crippen LogP contribution in [0.3, 0.4) is 0 Å². The van der Waals surface area contributed by atoms with Crippen LogP contribution in [0.25, 0.3) is 0 Å². The van der Waals surface area contributed by atoms with Crippen molar-refractivity contribution in [1.29, 1.82) is 0 Å². The van der Waals surface area contributed by atoms with E-state index in [1.807, 2.05) is 13.1 Å². The maximum Gasteiger partial charge on any atom is 0.243 e. The third-order valence-corrected chi connectivity index (χ3v) is 7.39. The Morgan fingerprint density at radius 2 is 2.03 bits per heavy atom. The van der Waals surface area contributed by atoms with Crippen molar-refractivity contribution in [3.63, 3.8) is 0 Å². The van der Waals surface area contributed by atoms with E-state index in [9.17, 15) is 8.42 Å². The third kappa shape index (κ3) is 4.12. The van der Waals surface area contributed by atoms with Crippen LogP contribution in [0.4, 0.5) is 0 Å². The second-order valence-corrected chi connectivity index (χ2v) is 9.43. The van der Waals surface area contributed by atoms with Crippen LogP contribution in [0.15, 0.2) is 29.3 Å². The minimum atomic E-state index is -3.57. The predicted octanol–water partition coefficient (Wildman–Crippen LogP) is 1.86. The van der Waals surface area contributed by atoms with Gasteiger partial charge in [-0.1, -0.05) is 0 Å². The minimum absolute atomic E-state index is 0.241. The van der Waals surface area contributed by atoms with Gasteiger partial charge >= 0.3 is 0 Å². The fourth-order valence-corrected chi connectivity index (χ4v) is 5.48. The Labute approximate surface area is 171 Å². The monoisotopic (exact) mass is 421 g/mol. The van der Waals surface area contributed by atoms with E-state index in [1.54, 1.807) is 29.6 Å². The van der Waals surface area contributed by atoms with Crippen LogP contribution in [-0.4, -0.2) is 62.3 Å². The van der Waals surface area contributed by atoms with Crippen molar-refractivity contribution < 1.29 is 22.6 Å². The Balaban J connectivity index is 1.46. The summed E-state index contributed by atoms with van der Waals surface area (Å²) in [7, 11) is -1.88. The average molecular weight is 422 g/mol. The minimum Gasteiger partial charge on any atom is -0.486 e. The fraction of sp³-hybridized carbons (Fsp3) is 0.550. The molecule has 2 aliphatic heterocycles. The van der Waals surface area contributed by atoms with Gasteiger partial charge in [0.25, 0.3) is 0 Å². The van der Waals surface area contributed by atoms with Gasteiger partial charge in [0.1, 0.15) is 19.0 Å². The van der Waals surface area contributed by atoms with Crippen molar-refractivity contribution in [3.05, 3.63) is 35.9 Å². The molecule has 0 N–H and O–H groups in total. The van der Waals surface area contributed by atoms with E-state index in [0.29, 0.717) is 44.4 Å². The number of sulfonamides is 1. The number of nitrogens with zero attached hydrogens (tertiary/aromatic N) is 3. The number of hydrogen-bond acceptors (Lipinski definition) is 6. The van der Waals surface area contributed by atoms with Gasteiger partial charge in [-0.15, -0.1) is 0 Å². The first-order valence-corrected chi connectivity index (χ1v) is 11.3. The zero-order chi connectivity index (χ0) is 20.4. The molecule has 0 aliphatic carbocycles. The van der Waals surface area contributed by atoms with Crippen molar-refractivity contribution in [3.8, 4) is 11.5 Å². The van der Waals surface area contributed by atoms with Crippen LogP contribution in [-0.2, 0) is 27.7 Å². The number of methoxy groups -OCH3 is 1. The van der Waals surface area contributed by atoms with Crippen LogP contribution in [0.5, 0.6) is 11.5 Å². The molecule has 3 heterocycles. The van der Waals surface area contributed by atoms with Crippen LogP contribution in [0, 0.1) is 12.8 Å². The number of aromatic nitrogens is 2. The van der Waals surface area contributed by atoms with Gasteiger partial charge in [-0.25, -0.2) is 13.4 Å². The number of imidazole rings is 1. The lowest BCUT2D eigenvalue weighted by Gasteiger charge is -2.21. The number of fused-ring (bicyclic) bond motifs is 1. The first-order chi connectivity index (χ1) is 14.0. The van der Waals surface area contributed by atoms with Gasteiger partial charge in [-0.05, 0) is 31.4 Å². The lowest BCUT2D eigenvalue weighted by molar-refractivity contribution is 0.171. The van der Waals surface area contributed by atoms with Crippen LogP contribution in [0.2, 0.25) is 0 Å². The van der Waals surface area contributed by atoms with Gasteiger partial charge in [-0.2, -0.15) is 4.31 Å². The van der Waals surface area contributed by atoms with Gasteiger partial charge in [0.15, 0.2) is 11.5 Å². The van der Waals surface area contributed by atoms with Gasteiger partial charge in [0.05, 0.1) is 11.5 Å². The summed E-state index contributed by atoms with van der Waals surface area (Å²) in [5, 5.41) is 0. The number of aryl methyl sites for hydroxylation is 1. The highest BCUT2D eigenvalue weighted by Gasteiger charge is 2.34. The van der Waals surface area contributed by atoms with Gasteiger partial charge in [0.2, 0.25) is 10.0 Å². The molecule has 158 valence electrons. The lowest BCUT2D eigenvalue weighted by Crippen LogP contribution is -2.29. The number of benzene rings is 1. The molecule has 1 aromatic carbocycles. The summed E-state index contributed by atoms with van der Waals surface area (Å²) in [4.78, 5) is 4.78. The summed E-state index contributed by atoms with van der Waals surface area (Å²) in [6, 6.07) is 4.83. The second kappa shape index (κ2) is 8.33. The molecule has 29 heavy (non-hydrogen) atoms. The molecule has 1 unspecified atom stereocenters. The van der Waals surface area contributed by atoms with Crippen LogP contribution < -0.4 is 9.47 Å². The summed E-state index contributed by atoms with van der Waals surface area (Å²) in [5.74, 6) is 2.31. The molecule has 2 aliphatic rings. The summed E-state index contributed by atoms with van der Waals surface area (Å²) in [6.07, 6.45) is 3.44. The first kappa shape index (κ1) is 20.2. The summed E-state index contributed by atoms with van der Waals surface area (Å²) in [5.41, 5.74) is 1.09. The van der Waals surface area contributed by atoms with Crippen molar-refractivity contribution in [2.45, 2.75) is 31.2 Å². The van der Waals surface area contributed by atoms with E-state index < -0.39 is 10.0 Å². The molecule has 0 amide bonds. The molecule has 1 saturated heterocycles. The molecular formula is C20H27N3O5S. The smallest absolute Gasteiger partial charge is 0.243 e. The van der Waals surface area contributed by atoms with Crippen molar-refractivity contribution >= 4 is 10.0 Å². The summed E-state index contributed by atoms with van der Waals surface area (Å²) >= 11 is 0. The quantitative estimate of drug-likeness (QED) is 0.679. The average Bonchev–Trinajstić information content (AvgIpc) is 3.34. The van der Waals surface area contributed by atoms with Crippen molar-refractivity contribution in [2.75, 3.05) is 40.0 Å². The summed E-state index contributed by atoms with van der Waals surface area (Å²) < 4.78 is 46.2. The number of hydrogen-bond donors (Lipinski definition) is 0. The number of ether oxygens (including phenoxy) is 3. The zero-order valence-corrected chi connectivity index (χ0v) is 17.7. The standard InChI is InChI=1S/C20H27N3O5S/c1-15-13-21-20(23(15)7-8-26-2)11-16-5-6-22(14-16)29(24,25)17-3-4-18-19(12-17)28-10-9-27-18/h3-4,12-13,16H,5-11,14H2,1-2H3. The van der Waals surface area contributed by atoms with E-state index >= 15 is 0 Å². The van der Waals surface area contributed by atoms with E-state index in [-0.39, 0.29) is 10.8 Å². The Morgan fingerprint density at radius 1 is 1.24 bits per heavy atom. The molecule has 4 rings (SSSR count). The maximum absolute atomic E-state index is 13.1. The highest BCUT2D eigenvalue weighted by Crippen LogP contribution is 2.34. The maximum atomic E-state index is 13.1. The Morgan fingerprint density at radius 3 is 2.83 bits per heavy atom. The Kier molecular flexibility index (Phi) is 5.80. The molecule has 0 bridgehead atoms. The highest BCUT2D eigenvalue weighted by molar-refractivity contribution is 7.89. The molecule has 1 atom stereocenters. The van der Waals surface area contributed by atoms with Crippen molar-refractivity contribution in [2.24, 2.45) is 5.92 Å². The van der Waals surface area contributed by atoms with Gasteiger partial charge in [-0.3, -0.25) is 0 Å². The molecule has 1 aromatic heterocycles. The largest absolute Gasteiger partial charge is 0.486 e. The van der Waals surface area contributed by atoms with E-state index in [2.05, 4.69) is 9.55 Å². The van der Waals surface area contributed by atoms with E-state index in [4.69, 9.17) is 14.2 Å². The van der Waals surface area contributed by atoms with E-state index in [1.165, 1.54) is 0 Å². The van der Waals surface area contributed by atoms with Crippen LogP contribution >= 0.6 is 0 Å². The van der Waals surface area contributed by atoms with Gasteiger partial charge < -0.3 is 18.8 Å². The molecule has 0 saturated carbocycles. The molecule has 2 aromatic rings. The number of rotatable bonds is 7. The fourth-order valence-electron chi connectivity index (χ4n) is 3.94. The SMILES string of the molecule is COCCn1c(C)cnc1CC1CCN(S(=O)(=O)c2ccc3c(c2)OCCO3)C1. The predicted molar refractivity (Wildman–Crippen MR) is 107 cm³/mol. The Bertz CT molecular complexity index is 972. The highest BCUT2D eigenvalue weighted by atomic mass is 32.2.